The van der Waals surface area contributed by atoms with Crippen LogP contribution in [0.2, 0.25) is 0 Å². The number of amides is 2. The summed E-state index contributed by atoms with van der Waals surface area (Å²) in [4.78, 5) is 16.5. The Morgan fingerprint density at radius 3 is 2.57 bits per heavy atom. The van der Waals surface area contributed by atoms with E-state index >= 15 is 0 Å². The van der Waals surface area contributed by atoms with Crippen LogP contribution in [-0.4, -0.2) is 55.5 Å². The molecule has 1 N–H and O–H groups in total. The summed E-state index contributed by atoms with van der Waals surface area (Å²) in [6, 6.07) is 13.7. The molecule has 2 aliphatic rings. The molecule has 7 heteroatoms. The molecule has 2 aliphatic heterocycles. The smallest absolute Gasteiger partial charge is 0.320 e. The summed E-state index contributed by atoms with van der Waals surface area (Å²) < 4.78 is 16.4. The van der Waals surface area contributed by atoms with Crippen molar-refractivity contribution < 1.29 is 19.0 Å². The van der Waals surface area contributed by atoms with E-state index in [0.717, 1.165) is 36.9 Å². The van der Waals surface area contributed by atoms with Crippen LogP contribution >= 0.6 is 0 Å². The summed E-state index contributed by atoms with van der Waals surface area (Å²) in [6.45, 7) is 6.38. The van der Waals surface area contributed by atoms with Gasteiger partial charge in [-0.1, -0.05) is 23.8 Å². The largest absolute Gasteiger partial charge is 0.473 e. The SMILES string of the molecule is Cc1ccc(OCNC(=O)N2CCN(Cc3ccc4c(c3)OCO4)CC2)cc1. The minimum absolute atomic E-state index is 0.0881. The predicted molar refractivity (Wildman–Crippen MR) is 105 cm³/mol. The molecule has 2 amide bonds. The van der Waals surface area contributed by atoms with Gasteiger partial charge in [-0.25, -0.2) is 4.79 Å². The summed E-state index contributed by atoms with van der Waals surface area (Å²) in [5.74, 6) is 2.36. The Morgan fingerprint density at radius 2 is 1.79 bits per heavy atom. The normalized spacial score (nSPS) is 16.1. The summed E-state index contributed by atoms with van der Waals surface area (Å²) >= 11 is 0. The number of benzene rings is 2. The molecule has 7 nitrogen and oxygen atoms in total. The van der Waals surface area contributed by atoms with Crippen molar-refractivity contribution in [2.45, 2.75) is 13.5 Å². The molecule has 0 atom stereocenters. The van der Waals surface area contributed by atoms with E-state index in [1.165, 1.54) is 11.1 Å². The van der Waals surface area contributed by atoms with E-state index in [0.29, 0.717) is 19.9 Å². The van der Waals surface area contributed by atoms with Crippen LogP contribution in [0.15, 0.2) is 42.5 Å². The van der Waals surface area contributed by atoms with Gasteiger partial charge in [-0.2, -0.15) is 0 Å². The molecule has 2 aromatic carbocycles. The second-order valence-corrected chi connectivity index (χ2v) is 7.03. The molecule has 0 aliphatic carbocycles. The topological polar surface area (TPSA) is 63.3 Å². The highest BCUT2D eigenvalue weighted by Gasteiger charge is 2.22. The van der Waals surface area contributed by atoms with Crippen molar-refractivity contribution in [3.8, 4) is 17.2 Å². The van der Waals surface area contributed by atoms with Crippen LogP contribution in [0.4, 0.5) is 4.79 Å². The number of ether oxygens (including phenoxy) is 3. The van der Waals surface area contributed by atoms with E-state index in [9.17, 15) is 4.79 Å². The third kappa shape index (κ3) is 4.48. The van der Waals surface area contributed by atoms with Crippen LogP contribution in [-0.2, 0) is 6.54 Å². The van der Waals surface area contributed by atoms with E-state index in [2.05, 4.69) is 16.3 Å². The number of aryl methyl sites for hydroxylation is 1. The Labute approximate surface area is 164 Å². The Balaban J connectivity index is 1.19. The number of nitrogens with zero attached hydrogens (tertiary/aromatic N) is 2. The van der Waals surface area contributed by atoms with Crippen LogP contribution in [0.5, 0.6) is 17.2 Å². The summed E-state index contributed by atoms with van der Waals surface area (Å²) in [7, 11) is 0. The van der Waals surface area contributed by atoms with E-state index < -0.39 is 0 Å². The number of rotatable bonds is 5. The monoisotopic (exact) mass is 383 g/mol. The van der Waals surface area contributed by atoms with Crippen molar-refractivity contribution in [3.05, 3.63) is 53.6 Å². The number of carbonyl (C=O) groups excluding carboxylic acids is 1. The number of piperazine rings is 1. The fourth-order valence-corrected chi connectivity index (χ4v) is 3.33. The Kier molecular flexibility index (Phi) is 5.53. The fraction of sp³-hybridized carbons (Fsp3) is 0.381. The van der Waals surface area contributed by atoms with Gasteiger partial charge in [0, 0.05) is 32.7 Å². The standard InChI is InChI=1S/C21H25N3O4/c1-16-2-5-18(6-3-16)26-14-22-21(25)24-10-8-23(9-11-24)13-17-4-7-19-20(12-17)28-15-27-19/h2-7,12H,8-11,13-15H2,1H3,(H,22,25). The van der Waals surface area contributed by atoms with Crippen LogP contribution < -0.4 is 19.5 Å². The molecule has 1 fully saturated rings. The lowest BCUT2D eigenvalue weighted by atomic mass is 10.1. The van der Waals surface area contributed by atoms with Gasteiger partial charge >= 0.3 is 6.03 Å². The molecule has 0 saturated carbocycles. The third-order valence-corrected chi connectivity index (χ3v) is 4.99. The molecule has 1 saturated heterocycles. The first kappa shape index (κ1) is 18.4. The molecule has 2 aromatic rings. The maximum absolute atomic E-state index is 12.3. The first-order chi connectivity index (χ1) is 13.7. The highest BCUT2D eigenvalue weighted by atomic mass is 16.7. The minimum atomic E-state index is -0.0881. The maximum Gasteiger partial charge on any atom is 0.320 e. The lowest BCUT2D eigenvalue weighted by Gasteiger charge is -2.34. The average Bonchev–Trinajstić information content (AvgIpc) is 3.18. The Bertz CT molecular complexity index is 817. The molecular formula is C21H25N3O4. The van der Waals surface area contributed by atoms with Crippen molar-refractivity contribution in [1.29, 1.82) is 0 Å². The minimum Gasteiger partial charge on any atom is -0.473 e. The molecule has 0 spiro atoms. The van der Waals surface area contributed by atoms with Crippen LogP contribution in [0, 0.1) is 6.92 Å². The number of fused-ring (bicyclic) bond motifs is 1. The van der Waals surface area contributed by atoms with Crippen molar-refractivity contribution in [2.75, 3.05) is 39.7 Å². The zero-order chi connectivity index (χ0) is 19.3. The van der Waals surface area contributed by atoms with Gasteiger partial charge in [0.1, 0.15) is 5.75 Å². The summed E-state index contributed by atoms with van der Waals surface area (Å²) in [5.41, 5.74) is 2.36. The molecule has 0 bridgehead atoms. The third-order valence-electron chi connectivity index (χ3n) is 4.99. The van der Waals surface area contributed by atoms with Gasteiger partial charge in [0.2, 0.25) is 6.79 Å². The number of hydrogen-bond acceptors (Lipinski definition) is 5. The second-order valence-electron chi connectivity index (χ2n) is 7.03. The molecule has 2 heterocycles. The van der Waals surface area contributed by atoms with Gasteiger partial charge in [-0.05, 0) is 36.8 Å². The van der Waals surface area contributed by atoms with Crippen molar-refractivity contribution in [3.63, 3.8) is 0 Å². The molecule has 0 unspecified atom stereocenters. The molecule has 0 aromatic heterocycles. The highest BCUT2D eigenvalue weighted by Crippen LogP contribution is 2.32. The van der Waals surface area contributed by atoms with Crippen LogP contribution in [0.25, 0.3) is 0 Å². The number of nitrogens with one attached hydrogen (secondary N) is 1. The van der Waals surface area contributed by atoms with E-state index in [1.807, 2.05) is 48.2 Å². The van der Waals surface area contributed by atoms with Crippen molar-refractivity contribution >= 4 is 6.03 Å². The summed E-state index contributed by atoms with van der Waals surface area (Å²) in [6.07, 6.45) is 0. The number of urea groups is 1. The fourth-order valence-electron chi connectivity index (χ4n) is 3.33. The maximum atomic E-state index is 12.3. The number of carbonyl (C=O) groups is 1. The van der Waals surface area contributed by atoms with Crippen molar-refractivity contribution in [2.24, 2.45) is 0 Å². The number of hydrogen-bond donors (Lipinski definition) is 1. The zero-order valence-electron chi connectivity index (χ0n) is 16.0. The van der Waals surface area contributed by atoms with Gasteiger partial charge in [-0.3, -0.25) is 4.90 Å². The van der Waals surface area contributed by atoms with Gasteiger partial charge in [0.05, 0.1) is 0 Å². The van der Waals surface area contributed by atoms with Crippen LogP contribution in [0.3, 0.4) is 0 Å². The molecule has 4 rings (SSSR count). The zero-order valence-corrected chi connectivity index (χ0v) is 16.0. The second kappa shape index (κ2) is 8.39. The first-order valence-electron chi connectivity index (χ1n) is 9.50. The lowest BCUT2D eigenvalue weighted by molar-refractivity contribution is 0.130. The Hall–Kier alpha value is -2.93. The van der Waals surface area contributed by atoms with Gasteiger partial charge in [0.25, 0.3) is 0 Å². The average molecular weight is 383 g/mol. The highest BCUT2D eigenvalue weighted by molar-refractivity contribution is 5.74. The molecular weight excluding hydrogens is 358 g/mol. The van der Waals surface area contributed by atoms with Crippen molar-refractivity contribution in [1.82, 2.24) is 15.1 Å². The van der Waals surface area contributed by atoms with Gasteiger partial charge in [-0.15, -0.1) is 0 Å². The van der Waals surface area contributed by atoms with E-state index in [1.54, 1.807) is 0 Å². The predicted octanol–water partition coefficient (Wildman–Crippen LogP) is 2.59. The quantitative estimate of drug-likeness (QED) is 0.804. The lowest BCUT2D eigenvalue weighted by Crippen LogP contribution is -2.51. The van der Waals surface area contributed by atoms with Gasteiger partial charge < -0.3 is 24.4 Å². The molecule has 28 heavy (non-hydrogen) atoms. The van der Waals surface area contributed by atoms with Crippen LogP contribution in [0.1, 0.15) is 11.1 Å². The molecule has 148 valence electrons. The van der Waals surface area contributed by atoms with Gasteiger partial charge in [0.15, 0.2) is 18.2 Å². The summed E-state index contributed by atoms with van der Waals surface area (Å²) in [5, 5.41) is 2.82. The van der Waals surface area contributed by atoms with E-state index in [4.69, 9.17) is 14.2 Å². The Morgan fingerprint density at radius 1 is 1.04 bits per heavy atom. The molecule has 0 radical (unpaired) electrons. The van der Waals surface area contributed by atoms with E-state index in [-0.39, 0.29) is 12.8 Å². The first-order valence-corrected chi connectivity index (χ1v) is 9.50.